The molecule has 2 aromatic rings. The van der Waals surface area contributed by atoms with Crippen LogP contribution in [-0.2, 0) is 16.0 Å². The number of piperidine rings is 1. The lowest BCUT2D eigenvalue weighted by atomic mass is 10.0. The van der Waals surface area contributed by atoms with Crippen molar-refractivity contribution in [3.05, 3.63) is 78.2 Å². The summed E-state index contributed by atoms with van der Waals surface area (Å²) in [6.45, 7) is 3.31. The van der Waals surface area contributed by atoms with Crippen molar-refractivity contribution in [1.29, 1.82) is 0 Å². The average Bonchev–Trinajstić information content (AvgIpc) is 3.19. The number of hydrogen-bond acceptors (Lipinski definition) is 4. The lowest BCUT2D eigenvalue weighted by Gasteiger charge is -2.33. The van der Waals surface area contributed by atoms with Gasteiger partial charge < -0.3 is 14.8 Å². The SMILES string of the molecule is C1=COC(c2cccc(NC3CCN(Cc4ccccc4)CC3)c2)O1. The molecule has 2 aliphatic heterocycles. The maximum atomic E-state index is 5.42. The summed E-state index contributed by atoms with van der Waals surface area (Å²) in [6, 6.07) is 19.6. The predicted molar refractivity (Wildman–Crippen MR) is 98.9 cm³/mol. The van der Waals surface area contributed by atoms with Gasteiger partial charge in [-0.15, -0.1) is 0 Å². The molecule has 4 heteroatoms. The van der Waals surface area contributed by atoms with Crippen LogP contribution >= 0.6 is 0 Å². The normalized spacial score (nSPS) is 18.7. The Morgan fingerprint density at radius 3 is 2.44 bits per heavy atom. The van der Waals surface area contributed by atoms with Gasteiger partial charge in [0.15, 0.2) is 0 Å². The smallest absolute Gasteiger partial charge is 0.266 e. The highest BCUT2D eigenvalue weighted by Gasteiger charge is 2.20. The molecule has 1 N–H and O–H groups in total. The number of nitrogens with zero attached hydrogens (tertiary/aromatic N) is 1. The second-order valence-electron chi connectivity index (χ2n) is 6.68. The van der Waals surface area contributed by atoms with E-state index in [9.17, 15) is 0 Å². The molecule has 0 atom stereocenters. The topological polar surface area (TPSA) is 33.7 Å². The molecule has 4 rings (SSSR count). The maximum absolute atomic E-state index is 5.42. The van der Waals surface area contributed by atoms with Crippen LogP contribution in [0.25, 0.3) is 0 Å². The van der Waals surface area contributed by atoms with Crippen LogP contribution in [0, 0.1) is 0 Å². The minimum Gasteiger partial charge on any atom is -0.455 e. The van der Waals surface area contributed by atoms with Crippen molar-refractivity contribution in [2.45, 2.75) is 31.7 Å². The number of benzene rings is 2. The first-order valence-corrected chi connectivity index (χ1v) is 8.95. The number of hydrogen-bond donors (Lipinski definition) is 1. The third-order valence-corrected chi connectivity index (χ3v) is 4.83. The Balaban J connectivity index is 1.29. The van der Waals surface area contributed by atoms with Gasteiger partial charge in [-0.05, 0) is 30.5 Å². The molecule has 0 bridgehead atoms. The number of anilines is 1. The second-order valence-corrected chi connectivity index (χ2v) is 6.68. The molecule has 0 radical (unpaired) electrons. The Morgan fingerprint density at radius 1 is 0.920 bits per heavy atom. The van der Waals surface area contributed by atoms with E-state index >= 15 is 0 Å². The van der Waals surface area contributed by atoms with Gasteiger partial charge in [-0.25, -0.2) is 0 Å². The number of likely N-dealkylation sites (tertiary alicyclic amines) is 1. The van der Waals surface area contributed by atoms with Gasteiger partial charge in [0.05, 0.1) is 0 Å². The fourth-order valence-electron chi connectivity index (χ4n) is 3.48. The minimum atomic E-state index is -0.311. The molecule has 2 aromatic carbocycles. The fourth-order valence-corrected chi connectivity index (χ4v) is 3.48. The first kappa shape index (κ1) is 16.0. The van der Waals surface area contributed by atoms with Crippen LogP contribution in [0.2, 0.25) is 0 Å². The Kier molecular flexibility index (Phi) is 4.89. The average molecular weight is 336 g/mol. The van der Waals surface area contributed by atoms with E-state index in [4.69, 9.17) is 9.47 Å². The number of ether oxygens (including phenoxy) is 2. The lowest BCUT2D eigenvalue weighted by molar-refractivity contribution is -0.0245. The van der Waals surface area contributed by atoms with Crippen LogP contribution < -0.4 is 5.32 Å². The van der Waals surface area contributed by atoms with Crippen LogP contribution in [0.15, 0.2) is 67.1 Å². The van der Waals surface area contributed by atoms with E-state index in [2.05, 4.69) is 52.7 Å². The zero-order chi connectivity index (χ0) is 16.9. The molecule has 0 unspecified atom stereocenters. The van der Waals surface area contributed by atoms with Gasteiger partial charge in [0, 0.05) is 36.9 Å². The molecule has 0 saturated carbocycles. The fraction of sp³-hybridized carbons (Fsp3) is 0.333. The van der Waals surface area contributed by atoms with E-state index in [0.29, 0.717) is 6.04 Å². The molecule has 0 amide bonds. The van der Waals surface area contributed by atoms with E-state index < -0.39 is 0 Å². The summed E-state index contributed by atoms with van der Waals surface area (Å²) in [5, 5.41) is 3.67. The van der Waals surface area contributed by atoms with Crippen LogP contribution in [0.5, 0.6) is 0 Å². The molecular weight excluding hydrogens is 312 g/mol. The monoisotopic (exact) mass is 336 g/mol. The third-order valence-electron chi connectivity index (χ3n) is 4.83. The second kappa shape index (κ2) is 7.62. The van der Waals surface area contributed by atoms with Crippen molar-refractivity contribution in [3.8, 4) is 0 Å². The number of rotatable bonds is 5. The van der Waals surface area contributed by atoms with E-state index in [1.165, 1.54) is 5.56 Å². The molecule has 4 nitrogen and oxygen atoms in total. The highest BCUT2D eigenvalue weighted by molar-refractivity contribution is 5.47. The van der Waals surface area contributed by atoms with Crippen molar-refractivity contribution in [1.82, 2.24) is 4.90 Å². The molecule has 0 aromatic heterocycles. The van der Waals surface area contributed by atoms with Crippen molar-refractivity contribution >= 4 is 5.69 Å². The van der Waals surface area contributed by atoms with Crippen molar-refractivity contribution in [2.75, 3.05) is 18.4 Å². The summed E-state index contributed by atoms with van der Waals surface area (Å²) in [5.74, 6) is 0. The molecule has 0 aliphatic carbocycles. The summed E-state index contributed by atoms with van der Waals surface area (Å²) < 4.78 is 10.8. The highest BCUT2D eigenvalue weighted by atomic mass is 16.7. The zero-order valence-electron chi connectivity index (χ0n) is 14.3. The van der Waals surface area contributed by atoms with Crippen molar-refractivity contribution in [2.24, 2.45) is 0 Å². The van der Waals surface area contributed by atoms with Gasteiger partial charge in [-0.3, -0.25) is 4.90 Å². The lowest BCUT2D eigenvalue weighted by Crippen LogP contribution is -2.38. The van der Waals surface area contributed by atoms with Crippen LogP contribution in [-0.4, -0.2) is 24.0 Å². The largest absolute Gasteiger partial charge is 0.455 e. The summed E-state index contributed by atoms with van der Waals surface area (Å²) in [6.07, 6.45) is 5.19. The van der Waals surface area contributed by atoms with Gasteiger partial charge >= 0.3 is 0 Å². The van der Waals surface area contributed by atoms with E-state index in [0.717, 1.165) is 43.7 Å². The quantitative estimate of drug-likeness (QED) is 0.884. The number of nitrogens with one attached hydrogen (secondary N) is 1. The van der Waals surface area contributed by atoms with Gasteiger partial charge in [-0.2, -0.15) is 0 Å². The Bertz CT molecular complexity index is 701. The molecule has 25 heavy (non-hydrogen) atoms. The Labute approximate surface area is 149 Å². The standard InChI is InChI=1S/C21H24N2O2/c1-2-5-17(6-3-1)16-23-11-9-19(10-12-23)22-20-8-4-7-18(15-20)21-24-13-14-25-21/h1-8,13-15,19,21-22H,9-12,16H2. The molecule has 0 spiro atoms. The molecule has 2 heterocycles. The van der Waals surface area contributed by atoms with Gasteiger partial charge in [0.1, 0.15) is 12.5 Å². The third kappa shape index (κ3) is 4.15. The molecule has 130 valence electrons. The van der Waals surface area contributed by atoms with Crippen LogP contribution in [0.4, 0.5) is 5.69 Å². The first-order chi connectivity index (χ1) is 12.4. The van der Waals surface area contributed by atoms with Crippen LogP contribution in [0.1, 0.15) is 30.3 Å². The summed E-state index contributed by atoms with van der Waals surface area (Å²) in [5.41, 5.74) is 3.57. The van der Waals surface area contributed by atoms with Crippen molar-refractivity contribution < 1.29 is 9.47 Å². The van der Waals surface area contributed by atoms with Gasteiger partial charge in [0.25, 0.3) is 6.29 Å². The van der Waals surface area contributed by atoms with E-state index in [-0.39, 0.29) is 6.29 Å². The van der Waals surface area contributed by atoms with Gasteiger partial charge in [0.2, 0.25) is 0 Å². The van der Waals surface area contributed by atoms with E-state index in [1.807, 2.05) is 12.1 Å². The van der Waals surface area contributed by atoms with E-state index in [1.54, 1.807) is 12.5 Å². The summed E-state index contributed by atoms with van der Waals surface area (Å²) >= 11 is 0. The highest BCUT2D eigenvalue weighted by Crippen LogP contribution is 2.27. The maximum Gasteiger partial charge on any atom is 0.266 e. The molecular formula is C21H24N2O2. The summed E-state index contributed by atoms with van der Waals surface area (Å²) in [7, 11) is 0. The van der Waals surface area contributed by atoms with Gasteiger partial charge in [-0.1, -0.05) is 42.5 Å². The minimum absolute atomic E-state index is 0.311. The molecule has 1 fully saturated rings. The van der Waals surface area contributed by atoms with Crippen LogP contribution in [0.3, 0.4) is 0 Å². The first-order valence-electron chi connectivity index (χ1n) is 8.95. The molecule has 1 saturated heterocycles. The van der Waals surface area contributed by atoms with Crippen molar-refractivity contribution in [3.63, 3.8) is 0 Å². The predicted octanol–water partition coefficient (Wildman–Crippen LogP) is 4.28. The Morgan fingerprint density at radius 2 is 1.68 bits per heavy atom. The zero-order valence-corrected chi connectivity index (χ0v) is 14.3. The summed E-state index contributed by atoms with van der Waals surface area (Å²) in [4.78, 5) is 2.54. The Hall–Kier alpha value is -2.46. The molecule has 2 aliphatic rings.